The van der Waals surface area contributed by atoms with Crippen molar-refractivity contribution >= 4 is 11.9 Å². The van der Waals surface area contributed by atoms with E-state index in [9.17, 15) is 9.59 Å². The van der Waals surface area contributed by atoms with Gasteiger partial charge in [0.1, 0.15) is 11.7 Å². The first-order chi connectivity index (χ1) is 16.7. The third kappa shape index (κ3) is 2.58. The Labute approximate surface area is 218 Å². The van der Waals surface area contributed by atoms with Crippen molar-refractivity contribution in [3.8, 4) is 0 Å². The molecule has 200 valence electrons. The lowest BCUT2D eigenvalue weighted by Crippen LogP contribution is -2.71. The average molecular weight is 497 g/mol. The second kappa shape index (κ2) is 7.20. The molecule has 4 saturated carbocycles. The minimum Gasteiger partial charge on any atom is -0.462 e. The Kier molecular flexibility index (Phi) is 5.00. The zero-order valence-corrected chi connectivity index (χ0v) is 23.9. The van der Waals surface area contributed by atoms with Crippen LogP contribution in [-0.4, -0.2) is 23.6 Å². The standard InChI is InChI=1S/C32H48O4/c1-19-9-15-31-18-17-30(8)29(7)14-10-22-27(4,5)24(35-21(3)33)12-13-28(22,6)23(29)11-16-32(30,36-26(31)34)25(31)20(19)2/h11,16,19-20,22-25H,9-10,12-15,17-18H2,1-8H3/t19-,20+,22+,23-,24+,25-,28+,29+,30-,31-,32-/m1/s1. The van der Waals surface area contributed by atoms with Crippen LogP contribution in [0.3, 0.4) is 0 Å². The van der Waals surface area contributed by atoms with Gasteiger partial charge in [-0.25, -0.2) is 0 Å². The number of rotatable bonds is 1. The van der Waals surface area contributed by atoms with E-state index in [0.717, 1.165) is 51.4 Å². The molecule has 1 spiro atoms. The molecule has 36 heavy (non-hydrogen) atoms. The van der Waals surface area contributed by atoms with Crippen LogP contribution in [0.1, 0.15) is 107 Å². The van der Waals surface area contributed by atoms with E-state index in [-0.39, 0.29) is 51.0 Å². The Morgan fingerprint density at radius 3 is 2.39 bits per heavy atom. The molecule has 0 aromatic heterocycles. The zero-order chi connectivity index (χ0) is 26.1. The van der Waals surface area contributed by atoms with Crippen LogP contribution in [0.25, 0.3) is 0 Å². The van der Waals surface area contributed by atoms with Gasteiger partial charge in [-0.1, -0.05) is 54.5 Å². The molecule has 0 aromatic carbocycles. The van der Waals surface area contributed by atoms with Crippen LogP contribution in [0.2, 0.25) is 0 Å². The van der Waals surface area contributed by atoms with Crippen LogP contribution in [0.5, 0.6) is 0 Å². The molecule has 6 aliphatic rings. The highest BCUT2D eigenvalue weighted by molar-refractivity contribution is 5.82. The number of fused-ring (bicyclic) bond motifs is 4. The van der Waals surface area contributed by atoms with Crippen molar-refractivity contribution in [2.45, 2.75) is 118 Å². The smallest absolute Gasteiger partial charge is 0.313 e. The lowest BCUT2D eigenvalue weighted by atomic mass is 9.32. The maximum atomic E-state index is 13.7. The van der Waals surface area contributed by atoms with Crippen LogP contribution < -0.4 is 0 Å². The summed E-state index contributed by atoms with van der Waals surface area (Å²) in [6.45, 7) is 18.6. The first-order valence-electron chi connectivity index (χ1n) is 14.8. The van der Waals surface area contributed by atoms with Crippen LogP contribution >= 0.6 is 0 Å². The number of ether oxygens (including phenoxy) is 2. The molecule has 2 bridgehead atoms. The van der Waals surface area contributed by atoms with E-state index in [1.54, 1.807) is 6.92 Å². The highest BCUT2D eigenvalue weighted by Gasteiger charge is 2.80. The molecule has 4 nitrogen and oxygen atoms in total. The summed E-state index contributed by atoms with van der Waals surface area (Å²) < 4.78 is 12.6. The van der Waals surface area contributed by atoms with Crippen LogP contribution in [0.15, 0.2) is 12.2 Å². The molecule has 0 radical (unpaired) electrons. The van der Waals surface area contributed by atoms with E-state index in [0.29, 0.717) is 23.7 Å². The minimum absolute atomic E-state index is 0.0115. The molecule has 5 fully saturated rings. The molecule has 0 amide bonds. The van der Waals surface area contributed by atoms with E-state index < -0.39 is 5.60 Å². The number of esters is 2. The molecule has 1 heterocycles. The molecular weight excluding hydrogens is 448 g/mol. The van der Waals surface area contributed by atoms with Gasteiger partial charge >= 0.3 is 11.9 Å². The predicted octanol–water partition coefficient (Wildman–Crippen LogP) is 7.11. The Balaban J connectivity index is 1.46. The molecule has 0 aromatic rings. The highest BCUT2D eigenvalue weighted by atomic mass is 16.6. The Morgan fingerprint density at radius 2 is 1.69 bits per heavy atom. The van der Waals surface area contributed by atoms with E-state index in [2.05, 4.69) is 60.6 Å². The fourth-order valence-corrected chi connectivity index (χ4v) is 11.8. The van der Waals surface area contributed by atoms with Gasteiger partial charge in [-0.3, -0.25) is 9.59 Å². The zero-order valence-electron chi connectivity index (χ0n) is 23.9. The number of allylic oxidation sites excluding steroid dienone is 1. The van der Waals surface area contributed by atoms with Crippen molar-refractivity contribution in [2.24, 2.45) is 56.7 Å². The van der Waals surface area contributed by atoms with Gasteiger partial charge in [-0.2, -0.15) is 0 Å². The average Bonchev–Trinajstić information content (AvgIpc) is 2.99. The molecule has 1 aliphatic heterocycles. The summed E-state index contributed by atoms with van der Waals surface area (Å²) in [5, 5.41) is 0. The molecule has 6 rings (SSSR count). The summed E-state index contributed by atoms with van der Waals surface area (Å²) in [6, 6.07) is 0. The second-order valence-electron chi connectivity index (χ2n) is 15.3. The molecule has 0 unspecified atom stereocenters. The molecule has 0 N–H and O–H groups in total. The first-order valence-corrected chi connectivity index (χ1v) is 14.8. The minimum atomic E-state index is -0.477. The summed E-state index contributed by atoms with van der Waals surface area (Å²) >= 11 is 0. The van der Waals surface area contributed by atoms with Crippen molar-refractivity contribution in [1.29, 1.82) is 0 Å². The Hall–Kier alpha value is -1.32. The molecule has 5 aliphatic carbocycles. The predicted molar refractivity (Wildman–Crippen MR) is 140 cm³/mol. The summed E-state index contributed by atoms with van der Waals surface area (Å²) in [6.07, 6.45) is 13.4. The van der Waals surface area contributed by atoms with E-state index in [1.807, 2.05) is 0 Å². The van der Waals surface area contributed by atoms with Crippen LogP contribution in [0.4, 0.5) is 0 Å². The van der Waals surface area contributed by atoms with Gasteiger partial charge in [-0.05, 0) is 91.9 Å². The highest BCUT2D eigenvalue weighted by Crippen LogP contribution is 2.79. The van der Waals surface area contributed by atoms with Crippen molar-refractivity contribution in [1.82, 2.24) is 0 Å². The van der Waals surface area contributed by atoms with Gasteiger partial charge in [-0.15, -0.1) is 0 Å². The quantitative estimate of drug-likeness (QED) is 0.287. The number of carbonyl (C=O) groups excluding carboxylic acids is 2. The first kappa shape index (κ1) is 25.0. The maximum absolute atomic E-state index is 13.7. The molecular formula is C32H48O4. The number of hydrogen-bond donors (Lipinski definition) is 0. The van der Waals surface area contributed by atoms with E-state index in [4.69, 9.17) is 9.47 Å². The largest absolute Gasteiger partial charge is 0.462 e. The maximum Gasteiger partial charge on any atom is 0.313 e. The second-order valence-corrected chi connectivity index (χ2v) is 15.3. The lowest BCUT2D eigenvalue weighted by molar-refractivity contribution is -0.247. The fraction of sp³-hybridized carbons (Fsp3) is 0.875. The summed E-state index contributed by atoms with van der Waals surface area (Å²) in [4.78, 5) is 25.6. The van der Waals surface area contributed by atoms with Gasteiger partial charge < -0.3 is 9.47 Å². The van der Waals surface area contributed by atoms with Gasteiger partial charge in [0.15, 0.2) is 0 Å². The van der Waals surface area contributed by atoms with Crippen molar-refractivity contribution < 1.29 is 19.1 Å². The summed E-state index contributed by atoms with van der Waals surface area (Å²) in [5.74, 6) is 2.27. The summed E-state index contributed by atoms with van der Waals surface area (Å²) in [5.41, 5.74) is -0.681. The topological polar surface area (TPSA) is 52.6 Å². The molecule has 1 saturated heterocycles. The van der Waals surface area contributed by atoms with E-state index >= 15 is 0 Å². The van der Waals surface area contributed by atoms with Crippen molar-refractivity contribution in [2.75, 3.05) is 0 Å². The SMILES string of the molecule is CC(=O)O[C@H]1CC[C@]2(C)[C@H]3C=C[C@@]45OC(=O)[C@]6(CC[C@@H](C)[C@H](C)[C@H]64)CC[C@]5(C)[C@@]3(C)CC[C@H]2C1(C)C. The van der Waals surface area contributed by atoms with Crippen molar-refractivity contribution in [3.05, 3.63) is 12.2 Å². The normalized spacial score (nSPS) is 56.5. The van der Waals surface area contributed by atoms with Gasteiger partial charge in [0.25, 0.3) is 0 Å². The Bertz CT molecular complexity index is 1030. The van der Waals surface area contributed by atoms with E-state index in [1.165, 1.54) is 0 Å². The van der Waals surface area contributed by atoms with Gasteiger partial charge in [0, 0.05) is 23.7 Å². The van der Waals surface area contributed by atoms with Crippen LogP contribution in [-0.2, 0) is 19.1 Å². The number of carbonyl (C=O) groups is 2. The Morgan fingerprint density at radius 1 is 0.972 bits per heavy atom. The van der Waals surface area contributed by atoms with Crippen LogP contribution in [0, 0.1) is 56.7 Å². The molecule has 4 heteroatoms. The third-order valence-electron chi connectivity index (χ3n) is 14.1. The fourth-order valence-electron chi connectivity index (χ4n) is 11.8. The monoisotopic (exact) mass is 496 g/mol. The van der Waals surface area contributed by atoms with Gasteiger partial charge in [0.2, 0.25) is 0 Å². The third-order valence-corrected chi connectivity index (χ3v) is 14.1. The van der Waals surface area contributed by atoms with Gasteiger partial charge in [0.05, 0.1) is 5.41 Å². The number of hydrogen-bond acceptors (Lipinski definition) is 4. The van der Waals surface area contributed by atoms with Crippen molar-refractivity contribution in [3.63, 3.8) is 0 Å². The lowest BCUT2D eigenvalue weighted by Gasteiger charge is -2.72. The summed E-state index contributed by atoms with van der Waals surface area (Å²) in [7, 11) is 0. The molecule has 11 atom stereocenters.